The van der Waals surface area contributed by atoms with Crippen LogP contribution in [0, 0.1) is 5.92 Å². The van der Waals surface area contributed by atoms with Gasteiger partial charge in [-0.3, -0.25) is 0 Å². The van der Waals surface area contributed by atoms with Gasteiger partial charge in [-0.15, -0.1) is 0 Å². The van der Waals surface area contributed by atoms with E-state index in [0.717, 1.165) is 12.3 Å². The third-order valence-corrected chi connectivity index (χ3v) is 22.6. The molecule has 2 heterocycles. The maximum absolute atomic E-state index is 9.91. The third-order valence-electron chi connectivity index (χ3n) is 3.81. The Hall–Kier alpha value is -1.04. The minimum absolute atomic E-state index is 0.178. The molecule has 68 valence electrons. The van der Waals surface area contributed by atoms with Crippen molar-refractivity contribution in [3.63, 3.8) is 0 Å². The number of aliphatic hydroxyl groups excluding tert-OH is 1. The first kappa shape index (κ1) is 6.66. The molecule has 3 atom stereocenters. The van der Waals surface area contributed by atoms with Crippen LogP contribution in [0.3, 0.4) is 0 Å². The molecular weight excluding hydrogens is 371 g/mol. The minimum atomic E-state index is -2.01. The molecule has 1 N–H and O–H groups in total. The molecule has 0 saturated carbocycles. The Morgan fingerprint density at radius 3 is 2.27 bits per heavy atom. The van der Waals surface area contributed by atoms with Crippen molar-refractivity contribution in [2.24, 2.45) is 5.92 Å². The van der Waals surface area contributed by atoms with E-state index in [0.29, 0.717) is 5.92 Å². The fourth-order valence-electron chi connectivity index (χ4n) is 2.46. The Bertz CT molecular complexity index is 190. The topological polar surface area (TPSA) is 20.2 Å². The maximum atomic E-state index is 9.91. The number of aliphatic hydroxyl groups is 1. The fraction of sp³-hybridized carbons (Fsp3) is 1.00. The van der Waals surface area contributed by atoms with E-state index in [4.69, 9.17) is 0 Å². The van der Waals surface area contributed by atoms with Gasteiger partial charge >= 0.3 is 64.6 Å². The van der Waals surface area contributed by atoms with Crippen LogP contribution < -0.4 is 0 Å². The van der Waals surface area contributed by atoms with Crippen molar-refractivity contribution in [1.29, 1.82) is 0 Å². The van der Waals surface area contributed by atoms with E-state index in [9.17, 15) is 5.11 Å². The molecule has 0 aromatic carbocycles. The first-order valence-electron chi connectivity index (χ1n) is 4.26. The molecule has 0 aliphatic carbocycles. The van der Waals surface area contributed by atoms with Gasteiger partial charge in [0.05, 0.1) is 0 Å². The van der Waals surface area contributed by atoms with Gasteiger partial charge in [0.1, 0.15) is 0 Å². The summed E-state index contributed by atoms with van der Waals surface area (Å²) in [7, 11) is 2.46. The van der Waals surface area contributed by atoms with Gasteiger partial charge in [-0.25, -0.2) is 0 Å². The molecule has 0 aromatic heterocycles. The summed E-state index contributed by atoms with van der Waals surface area (Å²) in [5.74, 6) is 1.46. The molecule has 1 nitrogen and oxygen atoms in total. The standard InChI is InChI=1S/C8H15O.CH3.Cm/c1-4-8(5-6-9)7(2)3;;/h6,8-9H,1,4-5H2,2-3H3;1H3;. The fourth-order valence-corrected chi connectivity index (χ4v) is 16.5. The average Bonchev–Trinajstić information content (AvgIpc) is 2.20. The summed E-state index contributed by atoms with van der Waals surface area (Å²) in [6.45, 7) is 6.44. The van der Waals surface area contributed by atoms with Gasteiger partial charge in [-0.1, -0.05) is 0 Å². The van der Waals surface area contributed by atoms with Gasteiger partial charge < -0.3 is 0 Å². The Labute approximate surface area is 65.5 Å². The summed E-state index contributed by atoms with van der Waals surface area (Å²) in [5, 5.41) is 9.91. The zero-order valence-corrected chi connectivity index (χ0v) is 10.5. The molecule has 0 amide bonds. The summed E-state index contributed by atoms with van der Waals surface area (Å²) in [6.07, 6.45) is 2.56. The molecular formula is C9H18CmO. The molecule has 0 spiro atoms. The van der Waals surface area contributed by atoms with Crippen molar-refractivity contribution < 1.29 is 5.11 Å². The van der Waals surface area contributed by atoms with Crippen molar-refractivity contribution >= 4 is 0 Å². The van der Waals surface area contributed by atoms with Crippen LogP contribution in [0.5, 0.6) is 0 Å². The van der Waals surface area contributed by atoms with Crippen LogP contribution in [0.1, 0.15) is 26.7 Å². The van der Waals surface area contributed by atoms with Gasteiger partial charge in [-0.05, 0) is 0 Å². The van der Waals surface area contributed by atoms with Gasteiger partial charge in [0.2, 0.25) is 0 Å². The average molecular weight is 389 g/mol. The Kier molecular flexibility index (Phi) is 0.862. The number of rotatable bonds is 0. The van der Waals surface area contributed by atoms with Gasteiger partial charge in [0.25, 0.3) is 0 Å². The van der Waals surface area contributed by atoms with Crippen LogP contribution in [-0.4, -0.2) is 11.7 Å². The van der Waals surface area contributed by atoms with E-state index in [2.05, 4.69) is 21.3 Å². The van der Waals surface area contributed by atoms with E-state index in [1.54, 1.807) is 0 Å². The second kappa shape index (κ2) is 1.42. The van der Waals surface area contributed by atoms with E-state index < -0.39 is 0 Å². The van der Waals surface area contributed by atoms with Crippen molar-refractivity contribution in [1.82, 2.24) is 0 Å². The predicted octanol–water partition coefficient (Wildman–Crippen LogP) is 2.55. The van der Waals surface area contributed by atoms with E-state index in [1.807, 2.05) is 0 Å². The number of hydrogen-bond acceptors (Lipinski definition) is 1. The summed E-state index contributed by atoms with van der Waals surface area (Å²) < 4.78 is -2.01. The third kappa shape index (κ3) is 0.484. The monoisotopic (exact) mass is 385 g/mol. The van der Waals surface area contributed by atoms with Crippen molar-refractivity contribution in [3.8, 4) is 0 Å². The van der Waals surface area contributed by atoms with Crippen molar-refractivity contribution in [2.45, 2.75) is 53.6 Å². The Morgan fingerprint density at radius 1 is 1.45 bits per heavy atom. The molecule has 2 rings (SSSR count). The zero-order valence-electron chi connectivity index (χ0n) is 7.58. The van der Waals surface area contributed by atoms with Crippen molar-refractivity contribution in [2.75, 3.05) is 0 Å². The quantitative estimate of drug-likeness (QED) is 0.675. The number of fused-ring (bicyclic) bond motifs is 2. The molecule has 0 radical (unpaired) electrons. The van der Waals surface area contributed by atoms with E-state index >= 15 is 0 Å². The molecule has 3 unspecified atom stereocenters. The van der Waals surface area contributed by atoms with E-state index in [-0.39, 0.29) is 6.61 Å². The first-order chi connectivity index (χ1) is 4.98. The van der Waals surface area contributed by atoms with Crippen LogP contribution in [0.2, 0.25) is 20.3 Å². The van der Waals surface area contributed by atoms with Gasteiger partial charge in [0, 0.05) is 0 Å². The van der Waals surface area contributed by atoms with Crippen LogP contribution in [0.15, 0.2) is 0 Å². The molecule has 2 saturated heterocycles. The first-order valence-corrected chi connectivity index (χ1v) is 12.5. The second-order valence-corrected chi connectivity index (χ2v) is 19.9. The van der Waals surface area contributed by atoms with E-state index in [1.165, 1.54) is 13.3 Å². The SMILES string of the molecule is C[C]1(C)C2C[CH2][Cm]1([CH3])[CH](O)C2. The second-order valence-electron chi connectivity index (χ2n) is 4.35. The summed E-state index contributed by atoms with van der Waals surface area (Å²) >= 11 is 0. The van der Waals surface area contributed by atoms with Gasteiger partial charge in [-0.2, -0.15) is 0 Å². The predicted molar refractivity (Wildman–Crippen MR) is 43.4 cm³/mol. The molecule has 2 aliphatic heterocycles. The molecule has 2 bridgehead atoms. The molecule has 2 aliphatic rings. The van der Waals surface area contributed by atoms with Crippen LogP contribution in [0.4, 0.5) is 0 Å². The van der Waals surface area contributed by atoms with Gasteiger partial charge in [0.15, 0.2) is 0 Å². The van der Waals surface area contributed by atoms with Crippen LogP contribution >= 0.6 is 0 Å². The summed E-state index contributed by atoms with van der Waals surface area (Å²) in [4.78, 5) is 0. The Balaban J connectivity index is 2.40. The Morgan fingerprint density at radius 2 is 2.09 bits per heavy atom. The van der Waals surface area contributed by atoms with Crippen molar-refractivity contribution in [3.05, 3.63) is 0 Å². The number of hydrogen-bond donors (Lipinski definition) is 1. The summed E-state index contributed by atoms with van der Waals surface area (Å²) in [5.41, 5.74) is 0. The zero-order chi connectivity index (χ0) is 8.28. The summed E-state index contributed by atoms with van der Waals surface area (Å²) in [6, 6.07) is 0. The molecule has 0 aromatic rings. The molecule has 2 fully saturated rings. The normalized spacial score (nSPS) is 53.5. The molecule has 11 heavy (non-hydrogen) atoms. The van der Waals surface area contributed by atoms with Crippen LogP contribution in [-0.2, 0) is 0 Å². The van der Waals surface area contributed by atoms with Crippen LogP contribution in [0.25, 0.3) is 0 Å². The molecule has 2 heteroatoms.